The smallest absolute Gasteiger partial charge is 0.416 e. The molecule has 0 aliphatic rings. The number of hydrogen-bond acceptors (Lipinski definition) is 4. The number of aromatic nitrogens is 2. The number of carboxylic acids is 1. The molecule has 0 spiro atoms. The molecule has 0 fully saturated rings. The SMILES string of the molecule is COCCOc1cc(/C=C/C(=O)O)n(Cc2ccc(C(F)(F)F)cc2Cl)n1. The second kappa shape index (κ2) is 8.92. The third-order valence-corrected chi connectivity index (χ3v) is 3.78. The number of nitrogens with zero attached hydrogens (tertiary/aromatic N) is 2. The summed E-state index contributed by atoms with van der Waals surface area (Å²) in [5.74, 6) is -0.933. The molecule has 0 unspecified atom stereocenters. The minimum atomic E-state index is -4.49. The van der Waals surface area contributed by atoms with Crippen LogP contribution in [0, 0.1) is 0 Å². The normalized spacial score (nSPS) is 11.9. The average molecular weight is 405 g/mol. The van der Waals surface area contributed by atoms with Crippen molar-refractivity contribution >= 4 is 23.6 Å². The highest BCUT2D eigenvalue weighted by molar-refractivity contribution is 6.31. The van der Waals surface area contributed by atoms with E-state index in [9.17, 15) is 18.0 Å². The van der Waals surface area contributed by atoms with Gasteiger partial charge in [-0.3, -0.25) is 4.68 Å². The number of halogens is 4. The Morgan fingerprint density at radius 3 is 2.67 bits per heavy atom. The summed E-state index contributed by atoms with van der Waals surface area (Å²) in [6.07, 6.45) is -2.27. The first-order chi connectivity index (χ1) is 12.7. The Morgan fingerprint density at radius 2 is 2.07 bits per heavy atom. The second-order valence-electron chi connectivity index (χ2n) is 5.38. The summed E-state index contributed by atoms with van der Waals surface area (Å²) in [4.78, 5) is 10.8. The van der Waals surface area contributed by atoms with Crippen molar-refractivity contribution in [1.82, 2.24) is 9.78 Å². The Kier molecular flexibility index (Phi) is 6.86. The second-order valence-corrected chi connectivity index (χ2v) is 5.79. The average Bonchev–Trinajstić information content (AvgIpc) is 2.96. The fourth-order valence-corrected chi connectivity index (χ4v) is 2.38. The van der Waals surface area contributed by atoms with Crippen LogP contribution in [-0.4, -0.2) is 41.2 Å². The molecule has 0 amide bonds. The molecule has 146 valence electrons. The van der Waals surface area contributed by atoms with Gasteiger partial charge in [-0.25, -0.2) is 4.79 Å². The van der Waals surface area contributed by atoms with Crippen molar-refractivity contribution in [3.63, 3.8) is 0 Å². The van der Waals surface area contributed by atoms with E-state index in [1.807, 2.05) is 0 Å². The predicted molar refractivity (Wildman–Crippen MR) is 91.8 cm³/mol. The first-order valence-electron chi connectivity index (χ1n) is 7.67. The minimum absolute atomic E-state index is 0.0316. The molecule has 0 saturated carbocycles. The topological polar surface area (TPSA) is 73.6 Å². The fraction of sp³-hybridized carbons (Fsp3) is 0.294. The molecule has 2 rings (SSSR count). The van der Waals surface area contributed by atoms with Gasteiger partial charge in [-0.05, 0) is 23.8 Å². The molecule has 0 radical (unpaired) electrons. The van der Waals surface area contributed by atoms with E-state index in [0.717, 1.165) is 18.2 Å². The van der Waals surface area contributed by atoms with Gasteiger partial charge in [-0.1, -0.05) is 17.7 Å². The van der Waals surface area contributed by atoms with E-state index in [0.29, 0.717) is 17.9 Å². The van der Waals surface area contributed by atoms with Crippen molar-refractivity contribution in [2.24, 2.45) is 0 Å². The van der Waals surface area contributed by atoms with E-state index in [2.05, 4.69) is 5.10 Å². The zero-order chi connectivity index (χ0) is 20.0. The van der Waals surface area contributed by atoms with E-state index in [1.165, 1.54) is 30.0 Å². The van der Waals surface area contributed by atoms with Gasteiger partial charge in [0.2, 0.25) is 5.88 Å². The Hall–Kier alpha value is -2.52. The van der Waals surface area contributed by atoms with E-state index < -0.39 is 17.7 Å². The largest absolute Gasteiger partial charge is 0.478 e. The molecule has 0 bridgehead atoms. The quantitative estimate of drug-likeness (QED) is 0.536. The Bertz CT molecular complexity index is 834. The molecule has 0 aliphatic heterocycles. The van der Waals surface area contributed by atoms with Crippen molar-refractivity contribution in [1.29, 1.82) is 0 Å². The number of carboxylic acid groups (broad SMARTS) is 1. The molecule has 2 aromatic rings. The first-order valence-corrected chi connectivity index (χ1v) is 8.04. The number of carbonyl (C=O) groups is 1. The van der Waals surface area contributed by atoms with Gasteiger partial charge in [0, 0.05) is 24.3 Å². The van der Waals surface area contributed by atoms with Gasteiger partial charge in [0.25, 0.3) is 0 Å². The lowest BCUT2D eigenvalue weighted by atomic mass is 10.1. The third kappa shape index (κ3) is 6.00. The molecular formula is C17H16ClF3N2O4. The summed E-state index contributed by atoms with van der Waals surface area (Å²) in [5.41, 5.74) is -0.0757. The van der Waals surface area contributed by atoms with Crippen LogP contribution in [0.1, 0.15) is 16.8 Å². The van der Waals surface area contributed by atoms with E-state index in [-0.39, 0.29) is 24.1 Å². The lowest BCUT2D eigenvalue weighted by Gasteiger charge is -2.11. The summed E-state index contributed by atoms with van der Waals surface area (Å²) >= 11 is 5.97. The Morgan fingerprint density at radius 1 is 1.33 bits per heavy atom. The van der Waals surface area contributed by atoms with Crippen LogP contribution in [0.3, 0.4) is 0 Å². The maximum absolute atomic E-state index is 12.7. The van der Waals surface area contributed by atoms with Gasteiger partial charge < -0.3 is 14.6 Å². The molecule has 1 aromatic carbocycles. The third-order valence-electron chi connectivity index (χ3n) is 3.42. The molecule has 1 N–H and O–H groups in total. The maximum Gasteiger partial charge on any atom is 0.416 e. The van der Waals surface area contributed by atoms with E-state index >= 15 is 0 Å². The van der Waals surface area contributed by atoms with Gasteiger partial charge in [0.15, 0.2) is 0 Å². The van der Waals surface area contributed by atoms with Crippen LogP contribution in [0.5, 0.6) is 5.88 Å². The summed E-state index contributed by atoms with van der Waals surface area (Å²) in [6, 6.07) is 4.52. The van der Waals surface area contributed by atoms with Crippen LogP contribution < -0.4 is 4.74 Å². The highest BCUT2D eigenvalue weighted by Crippen LogP contribution is 2.32. The van der Waals surface area contributed by atoms with Crippen molar-refractivity contribution in [3.05, 3.63) is 52.2 Å². The number of aliphatic carboxylic acids is 1. The van der Waals surface area contributed by atoms with Crippen LogP contribution in [0.2, 0.25) is 5.02 Å². The summed E-state index contributed by atoms with van der Waals surface area (Å²) in [6.45, 7) is 0.596. The van der Waals surface area contributed by atoms with Crippen molar-refractivity contribution in [3.8, 4) is 5.88 Å². The van der Waals surface area contributed by atoms with Crippen molar-refractivity contribution < 1.29 is 32.5 Å². The molecule has 10 heteroatoms. The lowest BCUT2D eigenvalue weighted by molar-refractivity contribution is -0.137. The van der Waals surface area contributed by atoms with Gasteiger partial charge in [-0.15, -0.1) is 5.10 Å². The molecule has 6 nitrogen and oxygen atoms in total. The van der Waals surface area contributed by atoms with Crippen LogP contribution in [0.4, 0.5) is 13.2 Å². The number of benzene rings is 1. The molecule has 1 heterocycles. The molecule has 1 aromatic heterocycles. The predicted octanol–water partition coefficient (Wildman–Crippen LogP) is 3.73. The standard InChI is InChI=1S/C17H16ClF3N2O4/c1-26-6-7-27-15-9-13(4-5-16(24)25)23(22-15)10-11-2-3-12(8-14(11)18)17(19,20)21/h2-5,8-9H,6-7,10H2,1H3,(H,24,25)/b5-4+. The van der Waals surface area contributed by atoms with Gasteiger partial charge in [0.05, 0.1) is 24.4 Å². The lowest BCUT2D eigenvalue weighted by Crippen LogP contribution is -2.08. The van der Waals surface area contributed by atoms with Gasteiger partial charge in [-0.2, -0.15) is 13.2 Å². The van der Waals surface area contributed by atoms with E-state index in [4.69, 9.17) is 26.2 Å². The van der Waals surface area contributed by atoms with Crippen LogP contribution >= 0.6 is 11.6 Å². The summed E-state index contributed by atoms with van der Waals surface area (Å²) < 4.78 is 49.9. The Balaban J connectivity index is 2.29. The van der Waals surface area contributed by atoms with Gasteiger partial charge in [0.1, 0.15) is 6.61 Å². The summed E-state index contributed by atoms with van der Waals surface area (Å²) in [7, 11) is 1.51. The fourth-order valence-electron chi connectivity index (χ4n) is 2.14. The Labute approximate surface area is 157 Å². The molecule has 0 saturated heterocycles. The molecule has 27 heavy (non-hydrogen) atoms. The number of ether oxygens (including phenoxy) is 2. The first kappa shape index (κ1) is 20.8. The summed E-state index contributed by atoms with van der Waals surface area (Å²) in [5, 5.41) is 12.9. The number of alkyl halides is 3. The maximum atomic E-state index is 12.7. The molecule has 0 aliphatic carbocycles. The number of methoxy groups -OCH3 is 1. The molecule has 0 atom stereocenters. The van der Waals surface area contributed by atoms with Crippen molar-refractivity contribution in [2.45, 2.75) is 12.7 Å². The molecular weight excluding hydrogens is 389 g/mol. The van der Waals surface area contributed by atoms with Crippen LogP contribution in [-0.2, 0) is 22.3 Å². The zero-order valence-corrected chi connectivity index (χ0v) is 14.9. The van der Waals surface area contributed by atoms with E-state index in [1.54, 1.807) is 0 Å². The monoisotopic (exact) mass is 404 g/mol. The van der Waals surface area contributed by atoms with Crippen LogP contribution in [0.25, 0.3) is 6.08 Å². The highest BCUT2D eigenvalue weighted by atomic mass is 35.5. The van der Waals surface area contributed by atoms with Gasteiger partial charge >= 0.3 is 12.1 Å². The number of rotatable bonds is 8. The number of hydrogen-bond donors (Lipinski definition) is 1. The van der Waals surface area contributed by atoms with Crippen LogP contribution in [0.15, 0.2) is 30.3 Å². The highest BCUT2D eigenvalue weighted by Gasteiger charge is 2.30. The van der Waals surface area contributed by atoms with Crippen molar-refractivity contribution in [2.75, 3.05) is 20.3 Å². The zero-order valence-electron chi connectivity index (χ0n) is 14.2. The minimum Gasteiger partial charge on any atom is -0.478 e.